The van der Waals surface area contributed by atoms with Crippen molar-refractivity contribution in [2.24, 2.45) is 5.92 Å². The first kappa shape index (κ1) is 22.9. The molecule has 2 aromatic heterocycles. The van der Waals surface area contributed by atoms with E-state index < -0.39 is 0 Å². The Kier molecular flexibility index (Phi) is 7.04. The van der Waals surface area contributed by atoms with Crippen molar-refractivity contribution in [3.8, 4) is 0 Å². The van der Waals surface area contributed by atoms with E-state index in [-0.39, 0.29) is 11.3 Å². The quantitative estimate of drug-likeness (QED) is 0.540. The molecule has 1 aliphatic rings. The standard InChI is InChI=1S/C27H33N5O/c1-27(2,21-13-17-32(3)18-14-21)20-9-11-22(12-10-20)31-26(33)24-8-6-16-29-25(24)30-19-23-7-4-5-15-28-23/h4-12,15-16,21H,13-14,17-19H2,1-3H3,(H,29,30)(H,31,33). The lowest BCUT2D eigenvalue weighted by Crippen LogP contribution is -2.39. The number of piperidine rings is 1. The van der Waals surface area contributed by atoms with Gasteiger partial charge in [0.1, 0.15) is 5.82 Å². The van der Waals surface area contributed by atoms with Crippen LogP contribution in [0.5, 0.6) is 0 Å². The van der Waals surface area contributed by atoms with Crippen molar-refractivity contribution in [2.45, 2.75) is 38.6 Å². The number of nitrogens with one attached hydrogen (secondary N) is 2. The Morgan fingerprint density at radius 1 is 1.00 bits per heavy atom. The summed E-state index contributed by atoms with van der Waals surface area (Å²) in [5.41, 5.74) is 3.59. The number of anilines is 2. The SMILES string of the molecule is CN1CCC(C(C)(C)c2ccc(NC(=O)c3cccnc3NCc3ccccn3)cc2)CC1. The van der Waals surface area contributed by atoms with Crippen molar-refractivity contribution in [3.05, 3.63) is 83.8 Å². The highest BCUT2D eigenvalue weighted by Gasteiger charge is 2.33. The van der Waals surface area contributed by atoms with Crippen molar-refractivity contribution in [1.82, 2.24) is 14.9 Å². The molecule has 1 amide bonds. The van der Waals surface area contributed by atoms with Crippen LogP contribution in [0.4, 0.5) is 11.5 Å². The molecule has 2 N–H and O–H groups in total. The maximum atomic E-state index is 13.0. The molecule has 3 aromatic rings. The largest absolute Gasteiger partial charge is 0.364 e. The van der Waals surface area contributed by atoms with E-state index in [0.717, 1.165) is 24.5 Å². The molecule has 3 heterocycles. The van der Waals surface area contributed by atoms with E-state index >= 15 is 0 Å². The highest BCUT2D eigenvalue weighted by molar-refractivity contribution is 6.07. The van der Waals surface area contributed by atoms with Crippen LogP contribution in [-0.2, 0) is 12.0 Å². The molecular formula is C27H33N5O. The molecule has 1 fully saturated rings. The molecule has 6 nitrogen and oxygen atoms in total. The van der Waals surface area contributed by atoms with Crippen LogP contribution in [0.2, 0.25) is 0 Å². The fraction of sp³-hybridized carbons (Fsp3) is 0.370. The number of aromatic nitrogens is 2. The summed E-state index contributed by atoms with van der Waals surface area (Å²) < 4.78 is 0. The molecule has 1 aliphatic heterocycles. The molecule has 0 unspecified atom stereocenters. The number of hydrogen-bond acceptors (Lipinski definition) is 5. The Bertz CT molecular complexity index is 1060. The van der Waals surface area contributed by atoms with E-state index in [0.29, 0.717) is 23.8 Å². The number of hydrogen-bond donors (Lipinski definition) is 2. The third-order valence-corrected chi connectivity index (χ3v) is 6.84. The molecule has 1 saturated heterocycles. The molecule has 0 atom stereocenters. The van der Waals surface area contributed by atoms with Gasteiger partial charge in [0.25, 0.3) is 5.91 Å². The van der Waals surface area contributed by atoms with Crippen LogP contribution in [0.15, 0.2) is 67.0 Å². The number of nitrogens with zero attached hydrogens (tertiary/aromatic N) is 3. The van der Waals surface area contributed by atoms with Gasteiger partial charge in [-0.1, -0.05) is 32.0 Å². The summed E-state index contributed by atoms with van der Waals surface area (Å²) in [6.07, 6.45) is 5.87. The lowest BCUT2D eigenvalue weighted by Gasteiger charge is -2.40. The third kappa shape index (κ3) is 5.57. The van der Waals surface area contributed by atoms with Crippen LogP contribution in [-0.4, -0.2) is 40.9 Å². The Morgan fingerprint density at radius 3 is 2.42 bits per heavy atom. The summed E-state index contributed by atoms with van der Waals surface area (Å²) in [5, 5.41) is 6.25. The van der Waals surface area contributed by atoms with Gasteiger partial charge >= 0.3 is 0 Å². The van der Waals surface area contributed by atoms with Gasteiger partial charge < -0.3 is 15.5 Å². The Labute approximate surface area is 196 Å². The number of benzene rings is 1. The average molecular weight is 444 g/mol. The highest BCUT2D eigenvalue weighted by atomic mass is 16.1. The highest BCUT2D eigenvalue weighted by Crippen LogP contribution is 2.38. The van der Waals surface area contributed by atoms with Gasteiger partial charge in [-0.3, -0.25) is 9.78 Å². The van der Waals surface area contributed by atoms with Crippen molar-refractivity contribution in [2.75, 3.05) is 30.8 Å². The van der Waals surface area contributed by atoms with E-state index in [1.807, 2.05) is 30.3 Å². The molecule has 172 valence electrons. The van der Waals surface area contributed by atoms with Gasteiger partial charge in [-0.15, -0.1) is 0 Å². The summed E-state index contributed by atoms with van der Waals surface area (Å²) in [4.78, 5) is 24.1. The van der Waals surface area contributed by atoms with Gasteiger partial charge in [-0.25, -0.2) is 4.98 Å². The molecule has 0 spiro atoms. The molecule has 33 heavy (non-hydrogen) atoms. The number of amides is 1. The molecule has 0 radical (unpaired) electrons. The van der Waals surface area contributed by atoms with E-state index in [2.05, 4.69) is 58.5 Å². The first-order chi connectivity index (χ1) is 15.9. The van der Waals surface area contributed by atoms with Gasteiger partial charge in [0, 0.05) is 18.1 Å². The normalized spacial score (nSPS) is 15.2. The van der Waals surface area contributed by atoms with Crippen LogP contribution in [0.25, 0.3) is 0 Å². The number of carbonyl (C=O) groups is 1. The minimum atomic E-state index is -0.186. The zero-order chi connectivity index (χ0) is 23.3. The lowest BCUT2D eigenvalue weighted by atomic mass is 9.69. The summed E-state index contributed by atoms with van der Waals surface area (Å²) in [5.74, 6) is 1.02. The van der Waals surface area contributed by atoms with Crippen LogP contribution in [0, 0.1) is 5.92 Å². The third-order valence-electron chi connectivity index (χ3n) is 6.84. The minimum Gasteiger partial charge on any atom is -0.364 e. The van der Waals surface area contributed by atoms with E-state index in [1.54, 1.807) is 24.5 Å². The number of likely N-dealkylation sites (tertiary alicyclic amines) is 1. The Morgan fingerprint density at radius 2 is 1.73 bits per heavy atom. The topological polar surface area (TPSA) is 70.2 Å². The van der Waals surface area contributed by atoms with E-state index in [4.69, 9.17) is 0 Å². The number of carbonyl (C=O) groups excluding carboxylic acids is 1. The van der Waals surface area contributed by atoms with E-state index in [1.165, 1.54) is 18.4 Å². The first-order valence-electron chi connectivity index (χ1n) is 11.6. The molecule has 0 aliphatic carbocycles. The number of rotatable bonds is 7. The second-order valence-corrected chi connectivity index (χ2v) is 9.40. The smallest absolute Gasteiger partial charge is 0.259 e. The molecule has 4 rings (SSSR count). The zero-order valence-electron chi connectivity index (χ0n) is 19.7. The Hall–Kier alpha value is -3.25. The van der Waals surface area contributed by atoms with Gasteiger partial charge in [0.2, 0.25) is 0 Å². The second kappa shape index (κ2) is 10.1. The minimum absolute atomic E-state index is 0.107. The zero-order valence-corrected chi connectivity index (χ0v) is 19.7. The van der Waals surface area contributed by atoms with Gasteiger partial charge in [-0.2, -0.15) is 0 Å². The second-order valence-electron chi connectivity index (χ2n) is 9.40. The lowest BCUT2D eigenvalue weighted by molar-refractivity contribution is 0.102. The molecule has 0 saturated carbocycles. The van der Waals surface area contributed by atoms with Crippen LogP contribution in [0.3, 0.4) is 0 Å². The van der Waals surface area contributed by atoms with Crippen molar-refractivity contribution < 1.29 is 4.79 Å². The van der Waals surface area contributed by atoms with Crippen molar-refractivity contribution in [3.63, 3.8) is 0 Å². The Balaban J connectivity index is 1.42. The number of pyridine rings is 2. The van der Waals surface area contributed by atoms with Gasteiger partial charge in [0.15, 0.2) is 0 Å². The molecular weight excluding hydrogens is 410 g/mol. The predicted octanol–water partition coefficient (Wildman–Crippen LogP) is 4.96. The van der Waals surface area contributed by atoms with Crippen molar-refractivity contribution in [1.29, 1.82) is 0 Å². The monoisotopic (exact) mass is 443 g/mol. The van der Waals surface area contributed by atoms with Crippen LogP contribution >= 0.6 is 0 Å². The fourth-order valence-electron chi connectivity index (χ4n) is 4.55. The van der Waals surface area contributed by atoms with E-state index in [9.17, 15) is 4.79 Å². The predicted molar refractivity (Wildman–Crippen MR) is 133 cm³/mol. The first-order valence-corrected chi connectivity index (χ1v) is 11.6. The summed E-state index contributed by atoms with van der Waals surface area (Å²) in [6, 6.07) is 17.6. The van der Waals surface area contributed by atoms with Gasteiger partial charge in [0.05, 0.1) is 17.8 Å². The van der Waals surface area contributed by atoms with Gasteiger partial charge in [-0.05, 0) is 86.3 Å². The molecule has 0 bridgehead atoms. The summed E-state index contributed by atoms with van der Waals surface area (Å²) in [6.45, 7) is 7.49. The molecule has 1 aromatic carbocycles. The van der Waals surface area contributed by atoms with Crippen LogP contribution in [0.1, 0.15) is 48.3 Å². The molecule has 6 heteroatoms. The maximum absolute atomic E-state index is 13.0. The maximum Gasteiger partial charge on any atom is 0.259 e. The van der Waals surface area contributed by atoms with Crippen molar-refractivity contribution >= 4 is 17.4 Å². The van der Waals surface area contributed by atoms with Crippen LogP contribution < -0.4 is 10.6 Å². The average Bonchev–Trinajstić information content (AvgIpc) is 2.84. The summed E-state index contributed by atoms with van der Waals surface area (Å²) in [7, 11) is 2.20. The fourth-order valence-corrected chi connectivity index (χ4v) is 4.55. The summed E-state index contributed by atoms with van der Waals surface area (Å²) >= 11 is 0.